The SMILES string of the molecule is COc1cccc2cc(C(=O)N3CCN(C(=O)C4CC4c4ccccc4)CC3)oc12. The largest absolute Gasteiger partial charge is 0.493 e. The number of nitrogens with zero attached hydrogens (tertiary/aromatic N) is 2. The van der Waals surface area contributed by atoms with Crippen molar-refractivity contribution in [2.24, 2.45) is 5.92 Å². The number of para-hydroxylation sites is 1. The lowest BCUT2D eigenvalue weighted by atomic mass is 10.1. The van der Waals surface area contributed by atoms with Gasteiger partial charge < -0.3 is 19.0 Å². The van der Waals surface area contributed by atoms with E-state index in [1.807, 2.05) is 41.3 Å². The van der Waals surface area contributed by atoms with Crippen molar-refractivity contribution in [1.29, 1.82) is 0 Å². The second-order valence-corrected chi connectivity index (χ2v) is 7.97. The van der Waals surface area contributed by atoms with Crippen LogP contribution in [0, 0.1) is 5.92 Å². The van der Waals surface area contributed by atoms with Crippen LogP contribution >= 0.6 is 0 Å². The second-order valence-electron chi connectivity index (χ2n) is 7.97. The van der Waals surface area contributed by atoms with Crippen molar-refractivity contribution >= 4 is 22.8 Å². The molecule has 6 heteroatoms. The van der Waals surface area contributed by atoms with Crippen molar-refractivity contribution < 1.29 is 18.7 Å². The number of hydrogen-bond donors (Lipinski definition) is 0. The zero-order valence-corrected chi connectivity index (χ0v) is 16.9. The van der Waals surface area contributed by atoms with E-state index in [9.17, 15) is 9.59 Å². The maximum Gasteiger partial charge on any atom is 0.289 e. The molecule has 1 saturated heterocycles. The highest BCUT2D eigenvalue weighted by Crippen LogP contribution is 2.48. The fraction of sp³-hybridized carbons (Fsp3) is 0.333. The average molecular weight is 404 g/mol. The van der Waals surface area contributed by atoms with Gasteiger partial charge in [0.25, 0.3) is 5.91 Å². The highest BCUT2D eigenvalue weighted by atomic mass is 16.5. The third-order valence-corrected chi connectivity index (χ3v) is 6.15. The molecule has 2 amide bonds. The maximum absolute atomic E-state index is 12.9. The average Bonchev–Trinajstić information content (AvgIpc) is 3.48. The van der Waals surface area contributed by atoms with Gasteiger partial charge >= 0.3 is 0 Å². The molecule has 2 heterocycles. The number of methoxy groups -OCH3 is 1. The molecule has 5 rings (SSSR count). The molecule has 1 aromatic heterocycles. The molecule has 0 N–H and O–H groups in total. The quantitative estimate of drug-likeness (QED) is 0.667. The minimum absolute atomic E-state index is 0.0810. The summed E-state index contributed by atoms with van der Waals surface area (Å²) in [5, 5.41) is 0.840. The summed E-state index contributed by atoms with van der Waals surface area (Å²) >= 11 is 0. The van der Waals surface area contributed by atoms with Gasteiger partial charge in [-0.1, -0.05) is 42.5 Å². The van der Waals surface area contributed by atoms with E-state index in [0.29, 0.717) is 49.2 Å². The van der Waals surface area contributed by atoms with E-state index in [-0.39, 0.29) is 17.7 Å². The summed E-state index contributed by atoms with van der Waals surface area (Å²) in [6, 6.07) is 17.6. The van der Waals surface area contributed by atoms with Crippen molar-refractivity contribution in [1.82, 2.24) is 9.80 Å². The van der Waals surface area contributed by atoms with E-state index < -0.39 is 0 Å². The van der Waals surface area contributed by atoms with Gasteiger partial charge in [0.2, 0.25) is 5.91 Å². The van der Waals surface area contributed by atoms with Gasteiger partial charge in [-0.15, -0.1) is 0 Å². The highest BCUT2D eigenvalue weighted by molar-refractivity contribution is 5.97. The number of benzene rings is 2. The lowest BCUT2D eigenvalue weighted by molar-refractivity contribution is -0.134. The van der Waals surface area contributed by atoms with Gasteiger partial charge in [0, 0.05) is 37.5 Å². The highest BCUT2D eigenvalue weighted by Gasteiger charge is 2.46. The van der Waals surface area contributed by atoms with Crippen molar-refractivity contribution in [2.75, 3.05) is 33.3 Å². The minimum Gasteiger partial charge on any atom is -0.493 e. The first-order valence-electron chi connectivity index (χ1n) is 10.4. The molecule has 1 aliphatic heterocycles. The third-order valence-electron chi connectivity index (χ3n) is 6.15. The number of amides is 2. The number of rotatable bonds is 4. The summed E-state index contributed by atoms with van der Waals surface area (Å²) in [7, 11) is 1.58. The number of ether oxygens (including phenoxy) is 1. The molecule has 0 bridgehead atoms. The van der Waals surface area contributed by atoms with E-state index in [0.717, 1.165) is 11.8 Å². The van der Waals surface area contributed by atoms with Crippen molar-refractivity contribution in [3.05, 3.63) is 65.9 Å². The maximum atomic E-state index is 12.9. The van der Waals surface area contributed by atoms with Gasteiger partial charge in [-0.05, 0) is 30.0 Å². The first-order valence-corrected chi connectivity index (χ1v) is 10.4. The van der Waals surface area contributed by atoms with Gasteiger partial charge in [-0.3, -0.25) is 9.59 Å². The molecular formula is C24H24N2O4. The van der Waals surface area contributed by atoms with Crippen molar-refractivity contribution in [3.63, 3.8) is 0 Å². The van der Waals surface area contributed by atoms with Gasteiger partial charge in [-0.25, -0.2) is 0 Å². The smallest absolute Gasteiger partial charge is 0.289 e. The summed E-state index contributed by atoms with van der Waals surface area (Å²) < 4.78 is 11.1. The van der Waals surface area contributed by atoms with Gasteiger partial charge in [0.05, 0.1) is 7.11 Å². The Labute approximate surface area is 175 Å². The molecule has 6 nitrogen and oxygen atoms in total. The van der Waals surface area contributed by atoms with Crippen LogP contribution in [0.1, 0.15) is 28.5 Å². The molecule has 2 aliphatic rings. The van der Waals surface area contributed by atoms with Crippen LogP contribution in [-0.2, 0) is 4.79 Å². The summed E-state index contributed by atoms with van der Waals surface area (Å²) in [6.07, 6.45) is 0.919. The Morgan fingerprint density at radius 2 is 1.70 bits per heavy atom. The normalized spacial score (nSPS) is 21.0. The van der Waals surface area contributed by atoms with Crippen LogP contribution in [-0.4, -0.2) is 54.9 Å². The lowest BCUT2D eigenvalue weighted by Gasteiger charge is -2.34. The van der Waals surface area contributed by atoms with E-state index in [1.54, 1.807) is 18.1 Å². The molecule has 30 heavy (non-hydrogen) atoms. The summed E-state index contributed by atoms with van der Waals surface area (Å²) in [6.45, 7) is 2.15. The standard InChI is InChI=1S/C24H24N2O4/c1-29-20-9-5-8-17-14-21(30-22(17)20)24(28)26-12-10-25(11-13-26)23(27)19-15-18(19)16-6-3-2-4-7-16/h2-9,14,18-19H,10-13,15H2,1H3. The molecule has 1 saturated carbocycles. The summed E-state index contributed by atoms with van der Waals surface area (Å²) in [5.41, 5.74) is 1.82. The molecule has 2 aromatic carbocycles. The topological polar surface area (TPSA) is 63.0 Å². The Morgan fingerprint density at radius 1 is 0.967 bits per heavy atom. The van der Waals surface area contributed by atoms with Crippen molar-refractivity contribution in [3.8, 4) is 5.75 Å². The van der Waals surface area contributed by atoms with Crippen LogP contribution in [0.2, 0.25) is 0 Å². The zero-order valence-electron chi connectivity index (χ0n) is 16.9. The van der Waals surface area contributed by atoms with Gasteiger partial charge in [-0.2, -0.15) is 0 Å². The molecular weight excluding hydrogens is 380 g/mol. The van der Waals surface area contributed by atoms with Crippen LogP contribution in [0.5, 0.6) is 5.75 Å². The zero-order chi connectivity index (χ0) is 20.7. The molecule has 0 spiro atoms. The third kappa shape index (κ3) is 3.32. The molecule has 2 atom stereocenters. The predicted molar refractivity (Wildman–Crippen MR) is 113 cm³/mol. The Kier molecular flexibility index (Phi) is 4.69. The summed E-state index contributed by atoms with van der Waals surface area (Å²) in [5.74, 6) is 1.40. The molecule has 1 aliphatic carbocycles. The first-order chi connectivity index (χ1) is 14.7. The van der Waals surface area contributed by atoms with Crippen LogP contribution < -0.4 is 4.74 Å². The molecule has 154 valence electrons. The Morgan fingerprint density at radius 3 is 2.43 bits per heavy atom. The molecule has 3 aromatic rings. The monoisotopic (exact) mass is 404 g/mol. The van der Waals surface area contributed by atoms with E-state index in [1.165, 1.54) is 5.56 Å². The van der Waals surface area contributed by atoms with E-state index in [2.05, 4.69) is 12.1 Å². The van der Waals surface area contributed by atoms with Crippen LogP contribution in [0.4, 0.5) is 0 Å². The molecule has 2 fully saturated rings. The first kappa shape index (κ1) is 18.7. The number of fused-ring (bicyclic) bond motifs is 1. The Bertz CT molecular complexity index is 1080. The van der Waals surface area contributed by atoms with Crippen LogP contribution in [0.25, 0.3) is 11.0 Å². The second kappa shape index (κ2) is 7.52. The van der Waals surface area contributed by atoms with E-state index >= 15 is 0 Å². The van der Waals surface area contributed by atoms with E-state index in [4.69, 9.17) is 9.15 Å². The number of carbonyl (C=O) groups is 2. The van der Waals surface area contributed by atoms with Crippen molar-refractivity contribution in [2.45, 2.75) is 12.3 Å². The van der Waals surface area contributed by atoms with Crippen LogP contribution in [0.15, 0.2) is 59.0 Å². The molecule has 2 unspecified atom stereocenters. The Balaban J connectivity index is 1.21. The lowest BCUT2D eigenvalue weighted by Crippen LogP contribution is -2.51. The van der Waals surface area contributed by atoms with Gasteiger partial charge in [0.15, 0.2) is 17.1 Å². The molecule has 0 radical (unpaired) electrons. The number of hydrogen-bond acceptors (Lipinski definition) is 4. The number of piperazine rings is 1. The summed E-state index contributed by atoms with van der Waals surface area (Å²) in [4.78, 5) is 29.4. The predicted octanol–water partition coefficient (Wildman–Crippen LogP) is 3.53. The minimum atomic E-state index is -0.145. The number of carbonyl (C=O) groups excluding carboxylic acids is 2. The van der Waals surface area contributed by atoms with Crippen LogP contribution in [0.3, 0.4) is 0 Å². The van der Waals surface area contributed by atoms with Gasteiger partial charge in [0.1, 0.15) is 0 Å². The fourth-order valence-electron chi connectivity index (χ4n) is 4.36. The fourth-order valence-corrected chi connectivity index (χ4v) is 4.36. The Hall–Kier alpha value is -3.28. The number of furan rings is 1.